The number of alkyl halides is 2. The van der Waals surface area contributed by atoms with Crippen molar-refractivity contribution in [1.82, 2.24) is 5.53 Å². The molecule has 2 unspecified atom stereocenters. The van der Waals surface area contributed by atoms with Crippen LogP contribution in [0.3, 0.4) is 0 Å². The number of hydrazine groups is 1. The molecule has 0 aliphatic carbocycles. The van der Waals surface area contributed by atoms with E-state index in [4.69, 9.17) is 23.2 Å². The van der Waals surface area contributed by atoms with Crippen LogP contribution in [0.4, 0.5) is 14.5 Å². The number of hydrogen-bond donors (Lipinski definition) is 3. The van der Waals surface area contributed by atoms with E-state index in [1.807, 2.05) is 13.8 Å². The molecule has 3 rings (SSSR count). The zero-order valence-electron chi connectivity index (χ0n) is 16.5. The first-order valence-electron chi connectivity index (χ1n) is 9.03. The maximum Gasteiger partial charge on any atom is 0.265 e. The van der Waals surface area contributed by atoms with Gasteiger partial charge in [-0.05, 0) is 54.8 Å². The molecule has 11 heteroatoms. The van der Waals surface area contributed by atoms with Gasteiger partial charge in [-0.1, -0.05) is 24.6 Å². The number of rotatable bonds is 5. The van der Waals surface area contributed by atoms with Crippen molar-refractivity contribution in [3.63, 3.8) is 0 Å². The monoisotopic (exact) mass is 457 g/mol. The number of benzene rings is 2. The van der Waals surface area contributed by atoms with Gasteiger partial charge < -0.3 is 5.73 Å². The van der Waals surface area contributed by atoms with Crippen LogP contribution in [0.1, 0.15) is 41.5 Å². The molecule has 0 saturated carbocycles. The van der Waals surface area contributed by atoms with Crippen LogP contribution < -0.4 is 21.4 Å². The number of hydrazone groups is 1. The topological polar surface area (TPSA) is 114 Å². The van der Waals surface area contributed by atoms with Gasteiger partial charge in [0.05, 0.1) is 10.6 Å². The number of nitrogens with one attached hydrogen (secondary N) is 1. The number of hydrogen-bond acceptors (Lipinski definition) is 5. The summed E-state index contributed by atoms with van der Waals surface area (Å²) in [5.74, 6) is 4.77. The van der Waals surface area contributed by atoms with E-state index in [1.165, 1.54) is 6.07 Å². The molecule has 30 heavy (non-hydrogen) atoms. The van der Waals surface area contributed by atoms with E-state index < -0.39 is 38.9 Å². The molecule has 0 saturated heterocycles. The van der Waals surface area contributed by atoms with Crippen LogP contribution in [-0.2, 0) is 10.0 Å². The fourth-order valence-electron chi connectivity index (χ4n) is 3.93. The number of nitrogens with two attached hydrogens (primary N) is 2. The predicted molar refractivity (Wildman–Crippen MR) is 113 cm³/mol. The number of anilines is 1. The molecule has 2 atom stereocenters. The van der Waals surface area contributed by atoms with Crippen molar-refractivity contribution in [1.29, 1.82) is 0 Å². The highest BCUT2D eigenvalue weighted by atomic mass is 35.5. The fourth-order valence-corrected chi connectivity index (χ4v) is 6.01. The summed E-state index contributed by atoms with van der Waals surface area (Å²) in [6.45, 7) is 5.58. The lowest BCUT2D eigenvalue weighted by Gasteiger charge is -2.29. The van der Waals surface area contributed by atoms with Crippen LogP contribution >= 0.6 is 11.6 Å². The summed E-state index contributed by atoms with van der Waals surface area (Å²) < 4.78 is 55.8. The minimum atomic E-state index is -4.45. The smallest absolute Gasteiger partial charge is 0.265 e. The molecule has 7 nitrogen and oxygen atoms in total. The largest absolute Gasteiger partial charge is 0.384 e. The highest BCUT2D eigenvalue weighted by Gasteiger charge is 2.47. The normalized spacial score (nSPS) is 19.3. The third-order valence-corrected chi connectivity index (χ3v) is 7.53. The highest BCUT2D eigenvalue weighted by Crippen LogP contribution is 2.47. The van der Waals surface area contributed by atoms with Crippen LogP contribution in [0.5, 0.6) is 0 Å². The Morgan fingerprint density at radius 2 is 1.93 bits per heavy atom. The lowest BCUT2D eigenvalue weighted by atomic mass is 9.91. The lowest BCUT2D eigenvalue weighted by molar-refractivity contribution is 0.148. The van der Waals surface area contributed by atoms with Gasteiger partial charge in [0, 0.05) is 16.5 Å². The van der Waals surface area contributed by atoms with Crippen molar-refractivity contribution < 1.29 is 17.2 Å². The van der Waals surface area contributed by atoms with E-state index in [9.17, 15) is 17.2 Å². The van der Waals surface area contributed by atoms with Crippen LogP contribution in [0, 0.1) is 13.8 Å². The fraction of sp³-hybridized carbons (Fsp3) is 0.316. The summed E-state index contributed by atoms with van der Waals surface area (Å²) in [7, 11) is -4.45. The first-order valence-corrected chi connectivity index (χ1v) is 10.8. The minimum absolute atomic E-state index is 0.0101. The second-order valence-corrected chi connectivity index (χ2v) is 9.34. The van der Waals surface area contributed by atoms with Gasteiger partial charge >= 0.3 is 0 Å². The van der Waals surface area contributed by atoms with Gasteiger partial charge in [0.15, 0.2) is 0 Å². The second kappa shape index (κ2) is 8.01. The summed E-state index contributed by atoms with van der Waals surface area (Å²) in [6.07, 6.45) is -3.04. The van der Waals surface area contributed by atoms with Crippen molar-refractivity contribution in [2.75, 3.05) is 4.31 Å². The molecular formula is C19H22ClF2N5O2S. The average Bonchev–Trinajstić information content (AvgIpc) is 2.98. The molecule has 162 valence electrons. The number of fused-ring (bicyclic) bond motifs is 1. The van der Waals surface area contributed by atoms with E-state index >= 15 is 0 Å². The van der Waals surface area contributed by atoms with Crippen LogP contribution in [0.25, 0.3) is 0 Å². The first-order chi connectivity index (χ1) is 14.0. The van der Waals surface area contributed by atoms with E-state index in [0.29, 0.717) is 5.69 Å². The van der Waals surface area contributed by atoms with Gasteiger partial charge in [-0.15, -0.1) is 5.10 Å². The first kappa shape index (κ1) is 22.3. The SMILES string of the molecule is Cc1ccc2c(c1C)C(C)C(/C(N)=N/NN)N2S(=O)(=O)c1ccc(Cl)cc1C(F)F. The summed E-state index contributed by atoms with van der Waals surface area (Å²) in [4.78, 5) is -0.543. The van der Waals surface area contributed by atoms with Crippen molar-refractivity contribution in [3.8, 4) is 0 Å². The molecule has 2 aromatic rings. The summed E-state index contributed by atoms with van der Waals surface area (Å²) in [6, 6.07) is 5.75. The maximum atomic E-state index is 13.7. The van der Waals surface area contributed by atoms with Gasteiger partial charge in [-0.3, -0.25) is 4.31 Å². The Kier molecular flexibility index (Phi) is 5.94. The van der Waals surface area contributed by atoms with E-state index in [2.05, 4.69) is 10.6 Å². The van der Waals surface area contributed by atoms with E-state index in [0.717, 1.165) is 33.1 Å². The Balaban J connectivity index is 2.32. The summed E-state index contributed by atoms with van der Waals surface area (Å²) in [5, 5.41) is 3.78. The Morgan fingerprint density at radius 3 is 2.53 bits per heavy atom. The molecule has 0 spiro atoms. The molecule has 5 N–H and O–H groups in total. The summed E-state index contributed by atoms with van der Waals surface area (Å²) in [5.41, 5.74) is 10.4. The third kappa shape index (κ3) is 3.48. The van der Waals surface area contributed by atoms with Gasteiger partial charge in [0.1, 0.15) is 11.9 Å². The Bertz CT molecular complexity index is 1120. The molecule has 1 heterocycles. The molecule has 0 aromatic heterocycles. The van der Waals surface area contributed by atoms with Gasteiger partial charge in [0.2, 0.25) is 0 Å². The number of nitrogens with zero attached hydrogens (tertiary/aromatic N) is 2. The predicted octanol–water partition coefficient (Wildman–Crippen LogP) is 3.31. The van der Waals surface area contributed by atoms with Gasteiger partial charge in [0.25, 0.3) is 16.4 Å². The number of aryl methyl sites for hydroxylation is 1. The van der Waals surface area contributed by atoms with E-state index in [-0.39, 0.29) is 10.9 Å². The van der Waals surface area contributed by atoms with Crippen molar-refractivity contribution >= 4 is 33.1 Å². The average molecular weight is 458 g/mol. The van der Waals surface area contributed by atoms with Crippen molar-refractivity contribution in [2.45, 2.75) is 44.1 Å². The number of amidine groups is 1. The van der Waals surface area contributed by atoms with Gasteiger partial charge in [-0.25, -0.2) is 28.6 Å². The Hall–Kier alpha value is -2.43. The van der Waals surface area contributed by atoms with Gasteiger partial charge in [-0.2, -0.15) is 0 Å². The molecular weight excluding hydrogens is 436 g/mol. The second-order valence-electron chi connectivity index (χ2n) is 7.12. The molecule has 0 radical (unpaired) electrons. The van der Waals surface area contributed by atoms with Crippen LogP contribution in [-0.4, -0.2) is 20.3 Å². The van der Waals surface area contributed by atoms with E-state index in [1.54, 1.807) is 19.1 Å². The molecule has 2 aromatic carbocycles. The molecule has 0 bridgehead atoms. The third-order valence-electron chi connectivity index (χ3n) is 5.42. The highest BCUT2D eigenvalue weighted by molar-refractivity contribution is 7.93. The van der Waals surface area contributed by atoms with Crippen LogP contribution in [0.2, 0.25) is 5.02 Å². The Morgan fingerprint density at radius 1 is 1.27 bits per heavy atom. The van der Waals surface area contributed by atoms with Crippen LogP contribution in [0.15, 0.2) is 40.3 Å². The summed E-state index contributed by atoms with van der Waals surface area (Å²) >= 11 is 5.83. The zero-order chi connectivity index (χ0) is 22.4. The number of halogens is 3. The number of sulfonamides is 1. The maximum absolute atomic E-state index is 13.7. The standard InChI is InChI=1S/C19H22ClF2N5O2S/c1-9-4-6-14-16(10(9)2)11(3)17(19(23)25-26-24)27(14)30(28,29)15-7-5-12(20)8-13(15)18(21)22/h4-8,11,17-18,26H,24H2,1-3H3,(H2,23,25). The molecule has 1 aliphatic heterocycles. The lowest BCUT2D eigenvalue weighted by Crippen LogP contribution is -2.48. The molecule has 1 aliphatic rings. The molecule has 0 amide bonds. The quantitative estimate of drug-likeness (QED) is 0.276. The Labute approximate surface area is 178 Å². The zero-order valence-corrected chi connectivity index (χ0v) is 18.1. The van der Waals surface area contributed by atoms with Crippen molar-refractivity contribution in [3.05, 3.63) is 57.6 Å². The molecule has 0 fully saturated rings. The van der Waals surface area contributed by atoms with Crippen molar-refractivity contribution in [2.24, 2.45) is 16.7 Å². The minimum Gasteiger partial charge on any atom is -0.384 e.